The molecule has 0 aliphatic carbocycles. The SMILES string of the molecule is CCn1c(=O)n(CCCC#N)c2ccccc21. The lowest BCUT2D eigenvalue weighted by Crippen LogP contribution is -2.23. The Hall–Kier alpha value is -2.02. The highest BCUT2D eigenvalue weighted by atomic mass is 16.1. The second-order valence-corrected chi connectivity index (χ2v) is 3.93. The molecule has 0 atom stereocenters. The predicted octanol–water partition coefficient (Wildman–Crippen LogP) is 2.13. The van der Waals surface area contributed by atoms with Crippen molar-refractivity contribution in [3.63, 3.8) is 0 Å². The lowest BCUT2D eigenvalue weighted by Gasteiger charge is -1.99. The third kappa shape index (κ3) is 1.96. The largest absolute Gasteiger partial charge is 0.329 e. The van der Waals surface area contributed by atoms with E-state index in [1.165, 1.54) is 0 Å². The fourth-order valence-corrected chi connectivity index (χ4v) is 2.11. The number of aromatic nitrogens is 2. The number of benzene rings is 1. The van der Waals surface area contributed by atoms with Gasteiger partial charge in [-0.25, -0.2) is 4.79 Å². The van der Waals surface area contributed by atoms with E-state index in [0.29, 0.717) is 25.9 Å². The van der Waals surface area contributed by atoms with Gasteiger partial charge in [0.25, 0.3) is 0 Å². The Balaban J connectivity index is 2.51. The van der Waals surface area contributed by atoms with Gasteiger partial charge in [0.1, 0.15) is 0 Å². The molecule has 17 heavy (non-hydrogen) atoms. The number of rotatable bonds is 4. The van der Waals surface area contributed by atoms with E-state index >= 15 is 0 Å². The van der Waals surface area contributed by atoms with Crippen molar-refractivity contribution in [2.24, 2.45) is 0 Å². The monoisotopic (exact) mass is 229 g/mol. The van der Waals surface area contributed by atoms with Crippen LogP contribution in [0.2, 0.25) is 0 Å². The summed E-state index contributed by atoms with van der Waals surface area (Å²) in [5, 5.41) is 8.54. The van der Waals surface area contributed by atoms with Crippen molar-refractivity contribution >= 4 is 11.0 Å². The Morgan fingerprint density at radius 3 is 2.47 bits per heavy atom. The summed E-state index contributed by atoms with van der Waals surface area (Å²) in [6, 6.07) is 9.89. The van der Waals surface area contributed by atoms with Crippen LogP contribution in [0.25, 0.3) is 11.0 Å². The molecule has 1 heterocycles. The van der Waals surface area contributed by atoms with Gasteiger partial charge in [-0.05, 0) is 25.5 Å². The summed E-state index contributed by atoms with van der Waals surface area (Å²) in [6.07, 6.45) is 1.20. The Kier molecular flexibility index (Phi) is 3.29. The molecular weight excluding hydrogens is 214 g/mol. The van der Waals surface area contributed by atoms with Gasteiger partial charge in [-0.2, -0.15) is 5.26 Å². The predicted molar refractivity (Wildman–Crippen MR) is 66.7 cm³/mol. The number of fused-ring (bicyclic) bond motifs is 1. The minimum absolute atomic E-state index is 0.0200. The zero-order valence-electron chi connectivity index (χ0n) is 9.89. The molecular formula is C13H15N3O. The molecule has 0 saturated heterocycles. The number of nitrogens with zero attached hydrogens (tertiary/aromatic N) is 3. The van der Waals surface area contributed by atoms with Crippen LogP contribution < -0.4 is 5.69 Å². The van der Waals surface area contributed by atoms with Crippen molar-refractivity contribution in [3.05, 3.63) is 34.7 Å². The normalized spacial score (nSPS) is 10.6. The number of imidazole rings is 1. The molecule has 0 amide bonds. The van der Waals surface area contributed by atoms with Crippen molar-refractivity contribution < 1.29 is 0 Å². The Morgan fingerprint density at radius 1 is 1.24 bits per heavy atom. The van der Waals surface area contributed by atoms with E-state index in [4.69, 9.17) is 5.26 Å². The molecule has 1 aromatic carbocycles. The standard InChI is InChI=1S/C13H15N3O/c1-2-15-11-7-3-4-8-12(11)16(13(15)17)10-6-5-9-14/h3-4,7-8H,2,5-6,10H2,1H3. The van der Waals surface area contributed by atoms with Gasteiger partial charge in [0.2, 0.25) is 0 Å². The second-order valence-electron chi connectivity index (χ2n) is 3.93. The van der Waals surface area contributed by atoms with Gasteiger partial charge < -0.3 is 0 Å². The van der Waals surface area contributed by atoms with Gasteiger partial charge >= 0.3 is 5.69 Å². The van der Waals surface area contributed by atoms with Crippen molar-refractivity contribution in [1.82, 2.24) is 9.13 Å². The lowest BCUT2D eigenvalue weighted by molar-refractivity contribution is 0.616. The van der Waals surface area contributed by atoms with E-state index in [2.05, 4.69) is 6.07 Å². The molecule has 4 heteroatoms. The van der Waals surface area contributed by atoms with E-state index in [0.717, 1.165) is 11.0 Å². The van der Waals surface area contributed by atoms with Gasteiger partial charge in [0.15, 0.2) is 0 Å². The van der Waals surface area contributed by atoms with E-state index in [9.17, 15) is 4.79 Å². The fourth-order valence-electron chi connectivity index (χ4n) is 2.11. The average Bonchev–Trinajstić information content (AvgIpc) is 2.62. The first-order chi connectivity index (χ1) is 8.29. The maximum atomic E-state index is 12.2. The smallest absolute Gasteiger partial charge is 0.292 e. The highest BCUT2D eigenvalue weighted by Gasteiger charge is 2.10. The number of unbranched alkanes of at least 4 members (excludes halogenated alkanes) is 1. The van der Waals surface area contributed by atoms with Crippen LogP contribution >= 0.6 is 0 Å². The highest BCUT2D eigenvalue weighted by molar-refractivity contribution is 5.75. The number of nitriles is 1. The van der Waals surface area contributed by atoms with E-state index < -0.39 is 0 Å². The zero-order valence-corrected chi connectivity index (χ0v) is 9.89. The molecule has 4 nitrogen and oxygen atoms in total. The Labute approximate surface area is 99.7 Å². The van der Waals surface area contributed by atoms with Gasteiger partial charge in [0.05, 0.1) is 17.1 Å². The number of hydrogen-bond donors (Lipinski definition) is 0. The lowest BCUT2D eigenvalue weighted by atomic mass is 10.3. The molecule has 88 valence electrons. The van der Waals surface area contributed by atoms with Crippen LogP contribution in [0.4, 0.5) is 0 Å². The van der Waals surface area contributed by atoms with Gasteiger partial charge in [-0.1, -0.05) is 12.1 Å². The molecule has 0 aliphatic heterocycles. The summed E-state index contributed by atoms with van der Waals surface area (Å²) in [5.41, 5.74) is 1.95. The molecule has 1 aromatic heterocycles. The third-order valence-electron chi connectivity index (χ3n) is 2.91. The van der Waals surface area contributed by atoms with Crippen LogP contribution in [-0.4, -0.2) is 9.13 Å². The summed E-state index contributed by atoms with van der Waals surface area (Å²) in [7, 11) is 0. The minimum atomic E-state index is 0.0200. The summed E-state index contributed by atoms with van der Waals surface area (Å²) in [6.45, 7) is 3.25. The Bertz CT molecular complexity index is 616. The molecule has 0 N–H and O–H groups in total. The average molecular weight is 229 g/mol. The first-order valence-corrected chi connectivity index (χ1v) is 5.84. The molecule has 2 aromatic rings. The maximum absolute atomic E-state index is 12.2. The van der Waals surface area contributed by atoms with Gasteiger partial charge in [-0.15, -0.1) is 0 Å². The topological polar surface area (TPSA) is 50.7 Å². The summed E-state index contributed by atoms with van der Waals surface area (Å²) in [4.78, 5) is 12.2. The van der Waals surface area contributed by atoms with Crippen molar-refractivity contribution in [3.8, 4) is 6.07 Å². The number of hydrogen-bond acceptors (Lipinski definition) is 2. The first kappa shape index (κ1) is 11.5. The van der Waals surface area contributed by atoms with Crippen LogP contribution in [-0.2, 0) is 13.1 Å². The Morgan fingerprint density at radius 2 is 1.88 bits per heavy atom. The van der Waals surface area contributed by atoms with E-state index in [1.54, 1.807) is 9.13 Å². The maximum Gasteiger partial charge on any atom is 0.329 e. The molecule has 0 radical (unpaired) electrons. The molecule has 0 saturated carbocycles. The zero-order chi connectivity index (χ0) is 12.3. The van der Waals surface area contributed by atoms with Crippen LogP contribution in [0.1, 0.15) is 19.8 Å². The molecule has 0 fully saturated rings. The second kappa shape index (κ2) is 4.88. The quantitative estimate of drug-likeness (QED) is 0.754. The fraction of sp³-hybridized carbons (Fsp3) is 0.385. The number of aryl methyl sites for hydroxylation is 2. The molecule has 0 spiro atoms. The minimum Gasteiger partial charge on any atom is -0.292 e. The molecule has 0 bridgehead atoms. The van der Waals surface area contributed by atoms with Crippen LogP contribution in [0.5, 0.6) is 0 Å². The first-order valence-electron chi connectivity index (χ1n) is 5.84. The number of para-hydroxylation sites is 2. The van der Waals surface area contributed by atoms with Gasteiger partial charge in [0, 0.05) is 19.5 Å². The van der Waals surface area contributed by atoms with Gasteiger partial charge in [-0.3, -0.25) is 9.13 Å². The van der Waals surface area contributed by atoms with Crippen molar-refractivity contribution in [2.45, 2.75) is 32.9 Å². The molecule has 2 rings (SSSR count). The molecule has 0 aliphatic rings. The highest BCUT2D eigenvalue weighted by Crippen LogP contribution is 2.13. The van der Waals surface area contributed by atoms with Crippen LogP contribution in [0, 0.1) is 11.3 Å². The van der Waals surface area contributed by atoms with E-state index in [-0.39, 0.29) is 5.69 Å². The van der Waals surface area contributed by atoms with Crippen LogP contribution in [0.15, 0.2) is 29.1 Å². The summed E-state index contributed by atoms with van der Waals surface area (Å²) in [5.74, 6) is 0. The van der Waals surface area contributed by atoms with E-state index in [1.807, 2.05) is 31.2 Å². The van der Waals surface area contributed by atoms with Crippen LogP contribution in [0.3, 0.4) is 0 Å². The summed E-state index contributed by atoms with van der Waals surface area (Å²) < 4.78 is 3.53. The van der Waals surface area contributed by atoms with Crippen molar-refractivity contribution in [2.75, 3.05) is 0 Å². The molecule has 0 unspecified atom stereocenters. The third-order valence-corrected chi connectivity index (χ3v) is 2.91. The van der Waals surface area contributed by atoms with Crippen molar-refractivity contribution in [1.29, 1.82) is 5.26 Å². The summed E-state index contributed by atoms with van der Waals surface area (Å²) >= 11 is 0.